The average Bonchev–Trinajstić information content (AvgIpc) is 3.38. The zero-order valence-corrected chi connectivity index (χ0v) is 26.7. The third kappa shape index (κ3) is 5.46. The minimum Gasteiger partial charge on any atom is -0.493 e. The van der Waals surface area contributed by atoms with E-state index in [1.54, 1.807) is 14.0 Å². The summed E-state index contributed by atoms with van der Waals surface area (Å²) < 4.78 is 12.9. The van der Waals surface area contributed by atoms with Crippen molar-refractivity contribution in [2.24, 2.45) is 5.92 Å². The Labute approximate surface area is 262 Å². The fraction of sp³-hybridized carbons (Fsp3) is 0.595. The van der Waals surface area contributed by atoms with Crippen LogP contribution < -0.4 is 9.47 Å². The van der Waals surface area contributed by atoms with Gasteiger partial charge in [-0.15, -0.1) is 0 Å². The van der Waals surface area contributed by atoms with Crippen molar-refractivity contribution in [2.45, 2.75) is 108 Å². The van der Waals surface area contributed by atoms with Crippen molar-refractivity contribution in [1.82, 2.24) is 9.80 Å². The molecule has 2 bridgehead atoms. The third-order valence-electron chi connectivity index (χ3n) is 10.9. The number of ether oxygens (including phenoxy) is 2. The van der Waals surface area contributed by atoms with Crippen LogP contribution in [-0.4, -0.2) is 72.2 Å². The van der Waals surface area contributed by atoms with Crippen molar-refractivity contribution in [1.29, 1.82) is 0 Å². The van der Waals surface area contributed by atoms with E-state index in [-0.39, 0.29) is 35.0 Å². The molecule has 0 unspecified atom stereocenters. The van der Waals surface area contributed by atoms with Gasteiger partial charge in [0, 0.05) is 42.0 Å². The first kappa shape index (κ1) is 30.8. The number of nitrogens with zero attached hydrogens (tertiary/aromatic N) is 2. The Morgan fingerprint density at radius 1 is 1.02 bits per heavy atom. The molecule has 2 heterocycles. The van der Waals surface area contributed by atoms with Gasteiger partial charge in [-0.3, -0.25) is 19.3 Å². The monoisotopic (exact) mass is 600 g/mol. The number of piperidine rings is 1. The molecule has 5 atom stereocenters. The Kier molecular flexibility index (Phi) is 9.13. The maximum Gasteiger partial charge on any atom is 0.222 e. The standard InChI is InChI=1S/C37H48N2O5/c1-4-5-11-21-39(33(42)15-10-9-14-31(41)26-12-7-6-8-13-26)29-18-17-28-30-23-27-16-19-32(43-3)35-34(27)37(28,36(29)44-35)20-22-38(30)24-25(2)40/h6-8,12-13,16,19,28-30,36H,4-5,9-11,14-15,17-18,20-24H2,1-3H3/t28-,29+,30+,36-,37-/m0/s1. The van der Waals surface area contributed by atoms with Crippen molar-refractivity contribution in [2.75, 3.05) is 26.7 Å². The van der Waals surface area contributed by atoms with E-state index in [4.69, 9.17) is 9.47 Å². The minimum atomic E-state index is -0.177. The first-order chi connectivity index (χ1) is 21.4. The second-order valence-corrected chi connectivity index (χ2v) is 13.4. The molecule has 7 nitrogen and oxygen atoms in total. The maximum absolute atomic E-state index is 14.1. The van der Waals surface area contributed by atoms with Gasteiger partial charge in [0.2, 0.25) is 5.91 Å². The summed E-state index contributed by atoms with van der Waals surface area (Å²) in [5, 5.41) is 0. The lowest BCUT2D eigenvalue weighted by Crippen LogP contribution is -2.69. The number of rotatable bonds is 14. The Morgan fingerprint density at radius 3 is 2.57 bits per heavy atom. The van der Waals surface area contributed by atoms with E-state index in [9.17, 15) is 14.4 Å². The van der Waals surface area contributed by atoms with Crippen LogP contribution >= 0.6 is 0 Å². The lowest BCUT2D eigenvalue weighted by molar-refractivity contribution is -0.143. The number of Topliss-reactive ketones (excluding diaryl/α,β-unsaturated/α-hetero) is 2. The lowest BCUT2D eigenvalue weighted by atomic mass is 9.51. The second kappa shape index (κ2) is 13.0. The van der Waals surface area contributed by atoms with E-state index in [0.29, 0.717) is 44.2 Å². The molecule has 0 radical (unpaired) electrons. The molecule has 2 aliphatic carbocycles. The summed E-state index contributed by atoms with van der Waals surface area (Å²) >= 11 is 0. The number of carbonyl (C=O) groups excluding carboxylic acids is 3. The molecular formula is C37H48N2O5. The van der Waals surface area contributed by atoms with E-state index < -0.39 is 0 Å². The highest BCUT2D eigenvalue weighted by Crippen LogP contribution is 2.64. The smallest absolute Gasteiger partial charge is 0.222 e. The van der Waals surface area contributed by atoms with Gasteiger partial charge in [0.15, 0.2) is 17.3 Å². The third-order valence-corrected chi connectivity index (χ3v) is 10.9. The van der Waals surface area contributed by atoms with Crippen molar-refractivity contribution < 1.29 is 23.9 Å². The highest BCUT2D eigenvalue weighted by molar-refractivity contribution is 5.96. The number of hydrogen-bond donors (Lipinski definition) is 0. The van der Waals surface area contributed by atoms with Crippen LogP contribution in [0.3, 0.4) is 0 Å². The van der Waals surface area contributed by atoms with Crippen LogP contribution in [0.1, 0.15) is 99.5 Å². The molecule has 2 aliphatic heterocycles. The van der Waals surface area contributed by atoms with E-state index >= 15 is 0 Å². The zero-order chi connectivity index (χ0) is 30.8. The molecule has 1 amide bonds. The first-order valence-corrected chi connectivity index (χ1v) is 16.9. The van der Waals surface area contributed by atoms with Crippen molar-refractivity contribution >= 4 is 17.5 Å². The number of unbranched alkanes of at least 4 members (excludes halogenated alkanes) is 3. The molecule has 2 aromatic rings. The molecule has 236 valence electrons. The molecule has 1 saturated heterocycles. The Bertz CT molecular complexity index is 1380. The fourth-order valence-corrected chi connectivity index (χ4v) is 9.03. The number of amides is 1. The van der Waals surface area contributed by atoms with E-state index in [1.165, 1.54) is 11.1 Å². The molecule has 0 N–H and O–H groups in total. The Balaban J connectivity index is 1.25. The molecule has 4 aliphatic rings. The van der Waals surface area contributed by atoms with Crippen LogP contribution in [0.25, 0.3) is 0 Å². The van der Waals surface area contributed by atoms with Gasteiger partial charge in [-0.1, -0.05) is 56.2 Å². The quantitative estimate of drug-likeness (QED) is 0.191. The Hall–Kier alpha value is -3.19. The molecule has 6 rings (SSSR count). The number of carbonyl (C=O) groups is 3. The van der Waals surface area contributed by atoms with Gasteiger partial charge in [-0.25, -0.2) is 0 Å². The van der Waals surface area contributed by atoms with Crippen LogP contribution in [-0.2, 0) is 21.4 Å². The van der Waals surface area contributed by atoms with Gasteiger partial charge in [-0.2, -0.15) is 0 Å². The maximum atomic E-state index is 14.1. The first-order valence-electron chi connectivity index (χ1n) is 16.9. The van der Waals surface area contributed by atoms with Crippen LogP contribution in [0.5, 0.6) is 11.5 Å². The molecule has 2 fully saturated rings. The summed E-state index contributed by atoms with van der Waals surface area (Å²) in [5.41, 5.74) is 3.19. The topological polar surface area (TPSA) is 76.2 Å². The van der Waals surface area contributed by atoms with Crippen LogP contribution in [0.2, 0.25) is 0 Å². The van der Waals surface area contributed by atoms with Crippen LogP contribution in [0.4, 0.5) is 0 Å². The van der Waals surface area contributed by atoms with E-state index in [1.807, 2.05) is 36.4 Å². The summed E-state index contributed by atoms with van der Waals surface area (Å²) in [6.07, 6.45) is 9.12. The van der Waals surface area contributed by atoms with Crippen molar-refractivity contribution in [3.8, 4) is 11.5 Å². The summed E-state index contributed by atoms with van der Waals surface area (Å²) in [5.74, 6) is 2.58. The Morgan fingerprint density at radius 2 is 1.82 bits per heavy atom. The van der Waals surface area contributed by atoms with Crippen LogP contribution in [0, 0.1) is 5.92 Å². The largest absolute Gasteiger partial charge is 0.493 e. The van der Waals surface area contributed by atoms with E-state index in [0.717, 1.165) is 75.1 Å². The van der Waals surface area contributed by atoms with Gasteiger partial charge in [0.05, 0.1) is 19.7 Å². The number of benzene rings is 2. The zero-order valence-electron chi connectivity index (χ0n) is 26.7. The number of methoxy groups -OCH3 is 1. The number of likely N-dealkylation sites (tertiary alicyclic amines) is 1. The lowest BCUT2D eigenvalue weighted by Gasteiger charge is -2.60. The van der Waals surface area contributed by atoms with Gasteiger partial charge in [0.1, 0.15) is 11.9 Å². The average molecular weight is 601 g/mol. The summed E-state index contributed by atoms with van der Waals surface area (Å²) in [6, 6.07) is 14.0. The summed E-state index contributed by atoms with van der Waals surface area (Å²) in [6.45, 7) is 5.99. The highest BCUT2D eigenvalue weighted by atomic mass is 16.5. The van der Waals surface area contributed by atoms with E-state index in [2.05, 4.69) is 22.8 Å². The molecule has 0 aromatic heterocycles. The molecule has 7 heteroatoms. The molecular weight excluding hydrogens is 552 g/mol. The molecule has 2 aromatic carbocycles. The fourth-order valence-electron chi connectivity index (χ4n) is 9.03. The van der Waals surface area contributed by atoms with Gasteiger partial charge >= 0.3 is 0 Å². The predicted octanol–water partition coefficient (Wildman–Crippen LogP) is 6.15. The molecule has 44 heavy (non-hydrogen) atoms. The molecule has 1 saturated carbocycles. The van der Waals surface area contributed by atoms with Gasteiger partial charge in [0.25, 0.3) is 0 Å². The highest BCUT2D eigenvalue weighted by Gasteiger charge is 2.66. The van der Waals surface area contributed by atoms with Gasteiger partial charge < -0.3 is 14.4 Å². The normalized spacial score (nSPS) is 26.4. The van der Waals surface area contributed by atoms with Crippen molar-refractivity contribution in [3.63, 3.8) is 0 Å². The predicted molar refractivity (Wildman–Crippen MR) is 170 cm³/mol. The second-order valence-electron chi connectivity index (χ2n) is 13.4. The summed E-state index contributed by atoms with van der Waals surface area (Å²) in [4.78, 5) is 43.5. The number of ketones is 2. The van der Waals surface area contributed by atoms with Crippen LogP contribution in [0.15, 0.2) is 42.5 Å². The van der Waals surface area contributed by atoms with Gasteiger partial charge in [-0.05, 0) is 76.0 Å². The summed E-state index contributed by atoms with van der Waals surface area (Å²) in [7, 11) is 1.71. The number of hydrogen-bond acceptors (Lipinski definition) is 6. The van der Waals surface area contributed by atoms with Crippen molar-refractivity contribution in [3.05, 3.63) is 59.2 Å². The molecule has 1 spiro atoms. The SMILES string of the molecule is CCCCCN(C(=O)CCCCC(=O)c1ccccc1)[C@@H]1CC[C@H]2[C@H]3Cc4ccc(OC)c5c4[C@@]2(CCN3CC(C)=O)[C@H]1O5. The minimum absolute atomic E-state index is 0.00961.